The molecule has 0 bridgehead atoms. The Morgan fingerprint density at radius 2 is 1.75 bits per heavy atom. The minimum Gasteiger partial charge on any atom is -0.401 e. The molecular weight excluding hydrogens is 308 g/mol. The van der Waals surface area contributed by atoms with Gasteiger partial charge in [0.1, 0.15) is 0 Å². The summed E-state index contributed by atoms with van der Waals surface area (Å²) in [6.07, 6.45) is 6.17. The van der Waals surface area contributed by atoms with E-state index in [9.17, 15) is 4.79 Å². The summed E-state index contributed by atoms with van der Waals surface area (Å²) in [6, 6.07) is 6.73. The van der Waals surface area contributed by atoms with E-state index < -0.39 is 5.97 Å². The second-order valence-electron chi connectivity index (χ2n) is 4.93. The summed E-state index contributed by atoms with van der Waals surface area (Å²) in [5.74, 6) is -0.495. The number of ether oxygens (including phenoxy) is 1. The topological polar surface area (TPSA) is 95.2 Å². The van der Waals surface area contributed by atoms with E-state index in [1.807, 2.05) is 13.8 Å². The Balaban J connectivity index is 1.97. The molecule has 0 atom stereocenters. The Morgan fingerprint density at radius 1 is 1.08 bits per heavy atom. The normalized spacial score (nSPS) is 11.3. The summed E-state index contributed by atoms with van der Waals surface area (Å²) in [7, 11) is 0. The number of aryl methyl sites for hydroxylation is 1. The van der Waals surface area contributed by atoms with Crippen LogP contribution in [0.15, 0.2) is 54.2 Å². The molecule has 24 heavy (non-hydrogen) atoms. The van der Waals surface area contributed by atoms with Crippen molar-refractivity contribution in [2.75, 3.05) is 0 Å². The molecule has 8 nitrogen and oxygen atoms in total. The van der Waals surface area contributed by atoms with Gasteiger partial charge >= 0.3 is 5.97 Å². The molecule has 3 heterocycles. The molecule has 0 aliphatic rings. The van der Waals surface area contributed by atoms with Crippen molar-refractivity contribution in [1.82, 2.24) is 25.1 Å². The van der Waals surface area contributed by atoms with Gasteiger partial charge in [-0.25, -0.2) is 4.79 Å². The third-order valence-electron chi connectivity index (χ3n) is 3.28. The monoisotopic (exact) mass is 322 g/mol. The van der Waals surface area contributed by atoms with Gasteiger partial charge in [0.15, 0.2) is 0 Å². The molecule has 120 valence electrons. The average molecular weight is 322 g/mol. The van der Waals surface area contributed by atoms with Crippen LogP contribution in [0.4, 0.5) is 0 Å². The Kier molecular flexibility index (Phi) is 4.37. The SMILES string of the molecule is Cc1nnn(/N=C(/OC(=O)c2cccnc2)c2cccnc2)c1C. The smallest absolute Gasteiger partial charge is 0.346 e. The summed E-state index contributed by atoms with van der Waals surface area (Å²) in [6.45, 7) is 3.64. The molecule has 0 N–H and O–H groups in total. The number of nitrogens with zero attached hydrogens (tertiary/aromatic N) is 6. The summed E-state index contributed by atoms with van der Waals surface area (Å²) in [4.78, 5) is 21.5. The van der Waals surface area contributed by atoms with Gasteiger partial charge in [-0.2, -0.15) is 0 Å². The molecule has 0 saturated heterocycles. The summed E-state index contributed by atoms with van der Waals surface area (Å²) >= 11 is 0. The Labute approximate surface area is 137 Å². The van der Waals surface area contributed by atoms with Gasteiger partial charge in [-0.15, -0.1) is 15.0 Å². The fourth-order valence-corrected chi connectivity index (χ4v) is 1.83. The molecule has 3 rings (SSSR count). The average Bonchev–Trinajstić information content (AvgIpc) is 2.94. The summed E-state index contributed by atoms with van der Waals surface area (Å²) in [5.41, 5.74) is 2.35. The van der Waals surface area contributed by atoms with Crippen molar-refractivity contribution in [3.8, 4) is 0 Å². The van der Waals surface area contributed by atoms with Crippen molar-refractivity contribution in [3.05, 3.63) is 71.6 Å². The maximum absolute atomic E-state index is 12.3. The van der Waals surface area contributed by atoms with Crippen molar-refractivity contribution >= 4 is 11.9 Å². The molecule has 0 aliphatic carbocycles. The Bertz CT molecular complexity index is 874. The summed E-state index contributed by atoms with van der Waals surface area (Å²) < 4.78 is 5.43. The van der Waals surface area contributed by atoms with Crippen LogP contribution in [0.2, 0.25) is 0 Å². The van der Waals surface area contributed by atoms with Crippen LogP contribution in [0.1, 0.15) is 27.3 Å². The lowest BCUT2D eigenvalue weighted by Crippen LogP contribution is -2.16. The molecule has 0 fully saturated rings. The van der Waals surface area contributed by atoms with E-state index in [0.29, 0.717) is 11.1 Å². The third-order valence-corrected chi connectivity index (χ3v) is 3.28. The van der Waals surface area contributed by atoms with Gasteiger partial charge in [0, 0.05) is 24.8 Å². The van der Waals surface area contributed by atoms with E-state index in [1.165, 1.54) is 11.0 Å². The van der Waals surface area contributed by atoms with Crippen LogP contribution in [0.5, 0.6) is 0 Å². The van der Waals surface area contributed by atoms with E-state index in [0.717, 1.165) is 11.4 Å². The highest BCUT2D eigenvalue weighted by atomic mass is 16.5. The van der Waals surface area contributed by atoms with Crippen LogP contribution >= 0.6 is 0 Å². The lowest BCUT2D eigenvalue weighted by Gasteiger charge is -2.07. The first-order valence-corrected chi connectivity index (χ1v) is 7.15. The number of aromatic nitrogens is 5. The molecule has 0 unspecified atom stereocenters. The van der Waals surface area contributed by atoms with Crippen LogP contribution in [0, 0.1) is 13.8 Å². The highest BCUT2D eigenvalue weighted by molar-refractivity contribution is 6.04. The molecule has 0 saturated carbocycles. The maximum atomic E-state index is 12.3. The molecule has 3 aromatic rings. The second kappa shape index (κ2) is 6.78. The summed E-state index contributed by atoms with van der Waals surface area (Å²) in [5, 5.41) is 12.1. The van der Waals surface area contributed by atoms with Gasteiger partial charge in [-0.1, -0.05) is 0 Å². The van der Waals surface area contributed by atoms with Gasteiger partial charge < -0.3 is 4.74 Å². The largest absolute Gasteiger partial charge is 0.401 e. The van der Waals surface area contributed by atoms with E-state index in [2.05, 4.69) is 25.4 Å². The van der Waals surface area contributed by atoms with Crippen LogP contribution in [-0.4, -0.2) is 36.9 Å². The number of carbonyl (C=O) groups excluding carboxylic acids is 1. The molecular formula is C16H14N6O2. The van der Waals surface area contributed by atoms with Crippen LogP contribution in [0.25, 0.3) is 0 Å². The van der Waals surface area contributed by atoms with Gasteiger partial charge in [0.25, 0.3) is 5.90 Å². The van der Waals surface area contributed by atoms with E-state index >= 15 is 0 Å². The lowest BCUT2D eigenvalue weighted by molar-refractivity contribution is 0.0716. The minimum atomic E-state index is -0.569. The number of rotatable bonds is 3. The maximum Gasteiger partial charge on any atom is 0.346 e. The Hall–Kier alpha value is -3.42. The fraction of sp³-hybridized carbons (Fsp3) is 0.125. The van der Waals surface area contributed by atoms with Gasteiger partial charge in [0.05, 0.1) is 22.5 Å². The molecule has 0 aromatic carbocycles. The number of hydrogen-bond donors (Lipinski definition) is 0. The first kappa shape index (κ1) is 15.5. The first-order chi connectivity index (χ1) is 11.6. The minimum absolute atomic E-state index is 0.0740. The fourth-order valence-electron chi connectivity index (χ4n) is 1.83. The number of carbonyl (C=O) groups is 1. The van der Waals surface area contributed by atoms with E-state index in [1.54, 1.807) is 42.9 Å². The standard InChI is InChI=1S/C16H14N6O2/c1-11-12(2)22(21-19-11)20-15(13-5-3-7-17-9-13)24-16(23)14-6-4-8-18-10-14/h3-10H,1-2H3/b20-15+. The van der Waals surface area contributed by atoms with Crippen molar-refractivity contribution in [1.29, 1.82) is 0 Å². The third kappa shape index (κ3) is 3.32. The van der Waals surface area contributed by atoms with Crippen molar-refractivity contribution in [2.24, 2.45) is 5.10 Å². The highest BCUT2D eigenvalue weighted by Gasteiger charge is 2.15. The van der Waals surface area contributed by atoms with E-state index in [-0.39, 0.29) is 5.90 Å². The van der Waals surface area contributed by atoms with Gasteiger partial charge in [0.2, 0.25) is 0 Å². The zero-order chi connectivity index (χ0) is 16.9. The zero-order valence-electron chi connectivity index (χ0n) is 13.1. The molecule has 0 spiro atoms. The molecule has 0 aliphatic heterocycles. The van der Waals surface area contributed by atoms with Crippen LogP contribution in [-0.2, 0) is 4.74 Å². The van der Waals surface area contributed by atoms with Crippen molar-refractivity contribution < 1.29 is 9.53 Å². The Morgan fingerprint density at radius 3 is 2.29 bits per heavy atom. The van der Waals surface area contributed by atoms with Gasteiger partial charge in [-0.3, -0.25) is 9.97 Å². The van der Waals surface area contributed by atoms with Crippen molar-refractivity contribution in [3.63, 3.8) is 0 Å². The van der Waals surface area contributed by atoms with Crippen molar-refractivity contribution in [2.45, 2.75) is 13.8 Å². The quantitative estimate of drug-likeness (QED) is 0.414. The van der Waals surface area contributed by atoms with Gasteiger partial charge in [-0.05, 0) is 43.3 Å². The van der Waals surface area contributed by atoms with Crippen LogP contribution in [0.3, 0.4) is 0 Å². The van der Waals surface area contributed by atoms with Crippen LogP contribution < -0.4 is 0 Å². The predicted octanol–water partition coefficient (Wildman–Crippen LogP) is 1.75. The zero-order valence-corrected chi connectivity index (χ0v) is 13.1. The molecule has 0 radical (unpaired) electrons. The lowest BCUT2D eigenvalue weighted by atomic mass is 10.2. The van der Waals surface area contributed by atoms with E-state index in [4.69, 9.17) is 4.74 Å². The number of esters is 1. The predicted molar refractivity (Wildman–Crippen MR) is 85.3 cm³/mol. The molecule has 0 amide bonds. The number of pyridine rings is 2. The molecule has 8 heteroatoms. The second-order valence-corrected chi connectivity index (χ2v) is 4.93. The highest BCUT2D eigenvalue weighted by Crippen LogP contribution is 2.08. The molecule has 3 aromatic heterocycles. The number of hydrogen-bond acceptors (Lipinski definition) is 7. The first-order valence-electron chi connectivity index (χ1n) is 7.15.